The maximum Gasteiger partial charge on any atom is 0.322 e. The molecule has 0 amide bonds. The van der Waals surface area contributed by atoms with Crippen molar-refractivity contribution in [3.05, 3.63) is 52.8 Å². The quantitative estimate of drug-likeness (QED) is 0.528. The lowest BCUT2D eigenvalue weighted by Gasteiger charge is -2.06. The van der Waals surface area contributed by atoms with Gasteiger partial charge in [0, 0.05) is 10.7 Å². The van der Waals surface area contributed by atoms with Crippen LogP contribution in [0.5, 0.6) is 0 Å². The number of Topliss-reactive ketones (excluding diaryl/α,β-unsaturated/α-hetero) is 1. The van der Waals surface area contributed by atoms with Gasteiger partial charge in [0.1, 0.15) is 0 Å². The summed E-state index contributed by atoms with van der Waals surface area (Å²) in [7, 11) is 0. The number of benzene rings is 1. The molecule has 20 heavy (non-hydrogen) atoms. The molecule has 0 spiro atoms. The van der Waals surface area contributed by atoms with Crippen molar-refractivity contribution in [1.82, 2.24) is 5.32 Å². The van der Waals surface area contributed by atoms with E-state index in [1.54, 1.807) is 31.2 Å². The van der Waals surface area contributed by atoms with Crippen LogP contribution < -0.4 is 5.32 Å². The molecule has 5 heteroatoms. The lowest BCUT2D eigenvalue weighted by atomic mass is 10.0. The number of ketones is 1. The minimum absolute atomic E-state index is 0.225. The van der Waals surface area contributed by atoms with Gasteiger partial charge in [-0.1, -0.05) is 30.3 Å². The SMILES string of the molecule is C=C1NC(=Cc2cccc(Cl)c2)C(=O)C1C(=O)OCC. The van der Waals surface area contributed by atoms with Crippen LogP contribution in [-0.4, -0.2) is 18.4 Å². The van der Waals surface area contributed by atoms with Crippen molar-refractivity contribution < 1.29 is 14.3 Å². The Balaban J connectivity index is 2.26. The summed E-state index contributed by atoms with van der Waals surface area (Å²) in [5.41, 5.74) is 1.42. The highest BCUT2D eigenvalue weighted by Gasteiger charge is 2.39. The number of carbonyl (C=O) groups excluding carboxylic acids is 2. The first-order chi connectivity index (χ1) is 9.52. The van der Waals surface area contributed by atoms with Crippen molar-refractivity contribution in [3.8, 4) is 0 Å². The largest absolute Gasteiger partial charge is 0.465 e. The Bertz CT molecular complexity index is 607. The number of nitrogens with one attached hydrogen (secondary N) is 1. The topological polar surface area (TPSA) is 55.4 Å². The lowest BCUT2D eigenvalue weighted by molar-refractivity contribution is -0.148. The van der Waals surface area contributed by atoms with Gasteiger partial charge >= 0.3 is 5.97 Å². The summed E-state index contributed by atoms with van der Waals surface area (Å²) in [6.45, 7) is 5.62. The number of hydrogen-bond acceptors (Lipinski definition) is 4. The third kappa shape index (κ3) is 2.91. The van der Waals surface area contributed by atoms with Crippen LogP contribution in [0.4, 0.5) is 0 Å². The number of hydrogen-bond donors (Lipinski definition) is 1. The van der Waals surface area contributed by atoms with Gasteiger partial charge in [-0.15, -0.1) is 0 Å². The van der Waals surface area contributed by atoms with E-state index >= 15 is 0 Å². The van der Waals surface area contributed by atoms with Crippen LogP contribution >= 0.6 is 11.6 Å². The molecule has 0 aromatic heterocycles. The van der Waals surface area contributed by atoms with Crippen LogP contribution in [0.3, 0.4) is 0 Å². The molecule has 0 bridgehead atoms. The minimum atomic E-state index is -0.972. The molecule has 0 saturated carbocycles. The summed E-state index contributed by atoms with van der Waals surface area (Å²) in [5.74, 6) is -1.89. The molecule has 1 aromatic rings. The highest BCUT2D eigenvalue weighted by atomic mass is 35.5. The summed E-state index contributed by atoms with van der Waals surface area (Å²) in [4.78, 5) is 23.9. The van der Waals surface area contributed by atoms with Gasteiger partial charge in [-0.25, -0.2) is 0 Å². The highest BCUT2D eigenvalue weighted by molar-refractivity contribution is 6.30. The van der Waals surface area contributed by atoms with E-state index < -0.39 is 11.9 Å². The normalized spacial score (nSPS) is 20.1. The first kappa shape index (κ1) is 14.3. The Kier molecular flexibility index (Phi) is 4.25. The highest BCUT2D eigenvalue weighted by Crippen LogP contribution is 2.25. The molecule has 104 valence electrons. The van der Waals surface area contributed by atoms with Crippen LogP contribution in [-0.2, 0) is 14.3 Å². The van der Waals surface area contributed by atoms with E-state index in [9.17, 15) is 9.59 Å². The molecule has 0 aliphatic carbocycles. The summed E-state index contributed by atoms with van der Waals surface area (Å²) in [5, 5.41) is 3.41. The molecule has 0 radical (unpaired) electrons. The van der Waals surface area contributed by atoms with Gasteiger partial charge < -0.3 is 10.1 Å². The number of ether oxygens (including phenoxy) is 1. The maximum atomic E-state index is 12.2. The van der Waals surface area contributed by atoms with Crippen LogP contribution in [0.1, 0.15) is 12.5 Å². The Morgan fingerprint density at radius 1 is 1.55 bits per heavy atom. The number of carbonyl (C=O) groups is 2. The molecule has 4 nitrogen and oxygen atoms in total. The van der Waals surface area contributed by atoms with Crippen LogP contribution in [0.25, 0.3) is 6.08 Å². The molecule has 1 saturated heterocycles. The molecule has 1 unspecified atom stereocenters. The van der Waals surface area contributed by atoms with Gasteiger partial charge in [0.2, 0.25) is 0 Å². The van der Waals surface area contributed by atoms with Gasteiger partial charge in [-0.2, -0.15) is 0 Å². The smallest absolute Gasteiger partial charge is 0.322 e. The Hall–Kier alpha value is -2.07. The van der Waals surface area contributed by atoms with E-state index in [1.165, 1.54) is 0 Å². The standard InChI is InChI=1S/C15H14ClNO3/c1-3-20-15(19)13-9(2)17-12(14(13)18)8-10-5-4-6-11(16)7-10/h4-8,13,17H,2-3H2,1H3. The molecule has 1 N–H and O–H groups in total. The summed E-state index contributed by atoms with van der Waals surface area (Å²) >= 11 is 5.89. The molecule has 1 aromatic carbocycles. The Labute approximate surface area is 122 Å². The Morgan fingerprint density at radius 2 is 2.30 bits per heavy atom. The fourth-order valence-electron chi connectivity index (χ4n) is 1.97. The van der Waals surface area contributed by atoms with Gasteiger partial charge in [-0.3, -0.25) is 9.59 Å². The fourth-order valence-corrected chi connectivity index (χ4v) is 2.16. The monoisotopic (exact) mass is 291 g/mol. The third-order valence-corrected chi connectivity index (χ3v) is 3.09. The van der Waals surface area contributed by atoms with E-state index in [-0.39, 0.29) is 12.4 Å². The number of allylic oxidation sites excluding steroid dienone is 1. The number of rotatable bonds is 3. The molecule has 1 heterocycles. The average Bonchev–Trinajstić information content (AvgIpc) is 2.65. The summed E-state index contributed by atoms with van der Waals surface area (Å²) in [6.07, 6.45) is 1.64. The van der Waals surface area contributed by atoms with Crippen LogP contribution in [0.15, 0.2) is 42.2 Å². The van der Waals surface area contributed by atoms with Crippen molar-refractivity contribution in [1.29, 1.82) is 0 Å². The van der Waals surface area contributed by atoms with Crippen LogP contribution in [0.2, 0.25) is 5.02 Å². The van der Waals surface area contributed by atoms with Gasteiger partial charge in [0.05, 0.1) is 12.3 Å². The van der Waals surface area contributed by atoms with E-state index in [2.05, 4.69) is 11.9 Å². The van der Waals surface area contributed by atoms with Gasteiger partial charge in [-0.05, 0) is 30.7 Å². The first-order valence-corrected chi connectivity index (χ1v) is 6.54. The minimum Gasteiger partial charge on any atom is -0.465 e. The molecule has 2 rings (SSSR count). The van der Waals surface area contributed by atoms with E-state index in [4.69, 9.17) is 16.3 Å². The van der Waals surface area contributed by atoms with E-state index in [0.29, 0.717) is 16.4 Å². The second-order valence-corrected chi connectivity index (χ2v) is 4.75. The average molecular weight is 292 g/mol. The zero-order valence-electron chi connectivity index (χ0n) is 11.0. The van der Waals surface area contributed by atoms with Crippen molar-refractivity contribution in [2.75, 3.05) is 6.61 Å². The molecule has 1 aliphatic heterocycles. The second-order valence-electron chi connectivity index (χ2n) is 4.31. The number of esters is 1. The zero-order valence-corrected chi connectivity index (χ0v) is 11.7. The van der Waals surface area contributed by atoms with Crippen molar-refractivity contribution in [3.63, 3.8) is 0 Å². The first-order valence-electron chi connectivity index (χ1n) is 6.17. The number of halogens is 1. The lowest BCUT2D eigenvalue weighted by Crippen LogP contribution is -2.23. The maximum absolute atomic E-state index is 12.2. The molecule has 1 atom stereocenters. The van der Waals surface area contributed by atoms with Crippen LogP contribution in [0, 0.1) is 5.92 Å². The predicted octanol–water partition coefficient (Wildman–Crippen LogP) is 2.55. The molecule has 1 aliphatic rings. The van der Waals surface area contributed by atoms with Crippen molar-refractivity contribution in [2.24, 2.45) is 5.92 Å². The summed E-state index contributed by atoms with van der Waals surface area (Å²) in [6, 6.07) is 7.07. The predicted molar refractivity (Wildman–Crippen MR) is 76.8 cm³/mol. The molecular formula is C15H14ClNO3. The van der Waals surface area contributed by atoms with E-state index in [1.807, 2.05) is 6.07 Å². The molecular weight excluding hydrogens is 278 g/mol. The Morgan fingerprint density at radius 3 is 2.95 bits per heavy atom. The van der Waals surface area contributed by atoms with Gasteiger partial charge in [0.25, 0.3) is 0 Å². The molecule has 1 fully saturated rings. The van der Waals surface area contributed by atoms with Crippen molar-refractivity contribution >= 4 is 29.4 Å². The van der Waals surface area contributed by atoms with Gasteiger partial charge in [0.15, 0.2) is 11.7 Å². The van der Waals surface area contributed by atoms with Crippen molar-refractivity contribution in [2.45, 2.75) is 6.92 Å². The summed E-state index contributed by atoms with van der Waals surface area (Å²) < 4.78 is 4.88. The third-order valence-electron chi connectivity index (χ3n) is 2.85. The zero-order chi connectivity index (χ0) is 14.7. The fraction of sp³-hybridized carbons (Fsp3) is 0.200. The van der Waals surface area contributed by atoms with E-state index in [0.717, 1.165) is 5.56 Å². The second kappa shape index (κ2) is 5.92.